The lowest BCUT2D eigenvalue weighted by Crippen LogP contribution is -2.43. The van der Waals surface area contributed by atoms with Gasteiger partial charge in [-0.25, -0.2) is 9.07 Å². The number of hydrogen-bond acceptors (Lipinski definition) is 4. The summed E-state index contributed by atoms with van der Waals surface area (Å²) in [5.74, 6) is 0.511. The van der Waals surface area contributed by atoms with E-state index < -0.39 is 0 Å². The molecule has 0 spiro atoms. The maximum atomic E-state index is 13.4. The van der Waals surface area contributed by atoms with Gasteiger partial charge >= 0.3 is 0 Å². The lowest BCUT2D eigenvalue weighted by molar-refractivity contribution is -0.130. The molecule has 0 bridgehead atoms. The Balaban J connectivity index is 1.77. The lowest BCUT2D eigenvalue weighted by Gasteiger charge is -2.29. The minimum absolute atomic E-state index is 0.0737. The third kappa shape index (κ3) is 3.47. The Labute approximate surface area is 163 Å². The summed E-state index contributed by atoms with van der Waals surface area (Å²) in [6.07, 6.45) is 4.08. The first-order valence-corrected chi connectivity index (χ1v) is 9.52. The van der Waals surface area contributed by atoms with Crippen LogP contribution in [0.25, 0.3) is 22.5 Å². The molecule has 2 aromatic heterocycles. The number of amides is 1. The van der Waals surface area contributed by atoms with E-state index in [1.165, 1.54) is 12.1 Å². The van der Waals surface area contributed by atoms with E-state index in [4.69, 9.17) is 5.10 Å². The Hall–Kier alpha value is -3.22. The van der Waals surface area contributed by atoms with E-state index in [1.54, 1.807) is 23.3 Å². The van der Waals surface area contributed by atoms with E-state index in [-0.39, 0.29) is 11.7 Å². The number of unbranched alkanes of at least 4 members (excludes halogenated alkanes) is 1. The van der Waals surface area contributed by atoms with Crippen LogP contribution >= 0.6 is 0 Å². The molecule has 1 aliphatic rings. The molecule has 6 nitrogen and oxygen atoms in total. The van der Waals surface area contributed by atoms with E-state index in [1.807, 2.05) is 22.9 Å². The van der Waals surface area contributed by atoms with Gasteiger partial charge in [-0.05, 0) is 42.8 Å². The normalized spacial score (nSPS) is 13.1. The molecule has 1 aromatic carbocycles. The number of nitrogens with one attached hydrogen (secondary N) is 1. The molecule has 0 fully saturated rings. The molecule has 0 radical (unpaired) electrons. The fraction of sp³-hybridized carbons (Fsp3) is 0.286. The topological polar surface area (TPSA) is 63.1 Å². The molecule has 1 aliphatic heterocycles. The molecule has 0 aliphatic carbocycles. The predicted molar refractivity (Wildman–Crippen MR) is 106 cm³/mol. The molecular formula is C21H22FN5O. The number of aromatic nitrogens is 3. The fourth-order valence-electron chi connectivity index (χ4n) is 3.33. The molecule has 28 heavy (non-hydrogen) atoms. The number of hydrazine groups is 1. The van der Waals surface area contributed by atoms with Gasteiger partial charge in [0.05, 0.1) is 24.3 Å². The van der Waals surface area contributed by atoms with Crippen LogP contribution in [-0.2, 0) is 11.3 Å². The number of carbonyl (C=O) groups is 1. The summed E-state index contributed by atoms with van der Waals surface area (Å²) in [5.41, 5.74) is 6.31. The van der Waals surface area contributed by atoms with Gasteiger partial charge in [0.2, 0.25) is 5.91 Å². The fourth-order valence-corrected chi connectivity index (χ4v) is 3.33. The summed E-state index contributed by atoms with van der Waals surface area (Å²) < 4.78 is 15.3. The number of halogens is 1. The molecule has 3 aromatic rings. The van der Waals surface area contributed by atoms with Crippen LogP contribution in [0.2, 0.25) is 0 Å². The lowest BCUT2D eigenvalue weighted by atomic mass is 10.0. The van der Waals surface area contributed by atoms with Crippen LogP contribution in [0.1, 0.15) is 26.2 Å². The van der Waals surface area contributed by atoms with Crippen molar-refractivity contribution in [3.05, 3.63) is 54.5 Å². The highest BCUT2D eigenvalue weighted by Crippen LogP contribution is 2.38. The first-order valence-electron chi connectivity index (χ1n) is 9.52. The third-order valence-electron chi connectivity index (χ3n) is 4.81. The monoisotopic (exact) mass is 379 g/mol. The number of rotatable bonds is 5. The van der Waals surface area contributed by atoms with E-state index in [2.05, 4.69) is 17.3 Å². The Kier molecular flexibility index (Phi) is 5.06. The predicted octanol–water partition coefficient (Wildman–Crippen LogP) is 4.11. The Morgan fingerprint density at radius 3 is 2.71 bits per heavy atom. The second-order valence-electron chi connectivity index (χ2n) is 6.78. The van der Waals surface area contributed by atoms with Crippen molar-refractivity contribution >= 4 is 11.7 Å². The van der Waals surface area contributed by atoms with Crippen LogP contribution in [0.15, 0.2) is 48.7 Å². The Morgan fingerprint density at radius 2 is 2.00 bits per heavy atom. The molecule has 0 unspecified atom stereocenters. The second-order valence-corrected chi connectivity index (χ2v) is 6.78. The number of fused-ring (bicyclic) bond motifs is 1. The van der Waals surface area contributed by atoms with Gasteiger partial charge in [-0.15, -0.1) is 0 Å². The van der Waals surface area contributed by atoms with Gasteiger partial charge in [0.1, 0.15) is 11.5 Å². The van der Waals surface area contributed by atoms with Gasteiger partial charge in [-0.2, -0.15) is 5.10 Å². The zero-order valence-corrected chi connectivity index (χ0v) is 15.7. The number of carbonyl (C=O) groups excluding carboxylic acids is 1. The van der Waals surface area contributed by atoms with E-state index >= 15 is 0 Å². The molecule has 144 valence electrons. The maximum Gasteiger partial charge on any atom is 0.240 e. The van der Waals surface area contributed by atoms with Crippen LogP contribution in [0.4, 0.5) is 10.2 Å². The Bertz CT molecular complexity index is 968. The van der Waals surface area contributed by atoms with Crippen molar-refractivity contribution in [1.82, 2.24) is 19.8 Å². The van der Waals surface area contributed by atoms with Crippen molar-refractivity contribution < 1.29 is 9.18 Å². The smallest absolute Gasteiger partial charge is 0.240 e. The third-order valence-corrected chi connectivity index (χ3v) is 4.81. The van der Waals surface area contributed by atoms with Crippen molar-refractivity contribution in [2.24, 2.45) is 0 Å². The van der Waals surface area contributed by atoms with E-state index in [0.29, 0.717) is 25.2 Å². The minimum atomic E-state index is -0.294. The number of anilines is 1. The number of hydrogen-bond donors (Lipinski definition) is 1. The quantitative estimate of drug-likeness (QED) is 0.725. The van der Waals surface area contributed by atoms with Gasteiger partial charge < -0.3 is 0 Å². The molecule has 7 heteroatoms. The van der Waals surface area contributed by atoms with Gasteiger partial charge in [-0.3, -0.25) is 20.2 Å². The first kappa shape index (κ1) is 18.2. The van der Waals surface area contributed by atoms with E-state index in [0.717, 1.165) is 35.5 Å². The highest BCUT2D eigenvalue weighted by Gasteiger charge is 2.28. The van der Waals surface area contributed by atoms with Gasteiger partial charge in [0.25, 0.3) is 0 Å². The summed E-state index contributed by atoms with van der Waals surface area (Å²) in [6, 6.07) is 11.9. The van der Waals surface area contributed by atoms with Crippen LogP contribution < -0.4 is 5.43 Å². The summed E-state index contributed by atoms with van der Waals surface area (Å²) in [6.45, 7) is 3.20. The van der Waals surface area contributed by atoms with Crippen molar-refractivity contribution in [2.75, 3.05) is 12.0 Å². The van der Waals surface area contributed by atoms with Gasteiger partial charge in [0, 0.05) is 18.2 Å². The highest BCUT2D eigenvalue weighted by molar-refractivity contribution is 5.89. The number of nitrogens with zero attached hydrogens (tertiary/aromatic N) is 4. The molecule has 1 amide bonds. The zero-order valence-electron chi connectivity index (χ0n) is 15.7. The van der Waals surface area contributed by atoms with Crippen molar-refractivity contribution in [2.45, 2.75) is 32.7 Å². The average Bonchev–Trinajstić information content (AvgIpc) is 3.11. The summed E-state index contributed by atoms with van der Waals surface area (Å²) in [4.78, 5) is 17.0. The average molecular weight is 379 g/mol. The van der Waals surface area contributed by atoms with Gasteiger partial charge in [0.15, 0.2) is 5.82 Å². The molecule has 0 saturated heterocycles. The SMILES string of the molecule is CCCCC(=O)N1CCn2nc(-c3ccc(F)cc3)c(-c3ccccn3)c2N1. The molecule has 4 rings (SSSR count). The largest absolute Gasteiger partial charge is 0.279 e. The Morgan fingerprint density at radius 1 is 1.18 bits per heavy atom. The standard InChI is InChI=1S/C21H22FN5O/c1-2-3-7-18(28)26-13-14-27-21(25-26)19(17-6-4-5-12-23-17)20(24-27)15-8-10-16(22)11-9-15/h4-6,8-12,25H,2-3,7,13-14H2,1H3. The van der Waals surface area contributed by atoms with Crippen LogP contribution in [0.5, 0.6) is 0 Å². The summed E-state index contributed by atoms with van der Waals surface area (Å²) >= 11 is 0. The second kappa shape index (κ2) is 7.80. The van der Waals surface area contributed by atoms with Crippen LogP contribution in [-0.4, -0.2) is 32.2 Å². The summed E-state index contributed by atoms with van der Waals surface area (Å²) in [5, 5.41) is 6.40. The van der Waals surface area contributed by atoms with Crippen molar-refractivity contribution in [1.29, 1.82) is 0 Å². The van der Waals surface area contributed by atoms with Gasteiger partial charge in [-0.1, -0.05) is 19.4 Å². The first-order chi connectivity index (χ1) is 13.7. The van der Waals surface area contributed by atoms with Crippen LogP contribution in [0.3, 0.4) is 0 Å². The summed E-state index contributed by atoms with van der Waals surface area (Å²) in [7, 11) is 0. The molecular weight excluding hydrogens is 357 g/mol. The highest BCUT2D eigenvalue weighted by atomic mass is 19.1. The van der Waals surface area contributed by atoms with Crippen LogP contribution in [0, 0.1) is 5.82 Å². The van der Waals surface area contributed by atoms with E-state index in [9.17, 15) is 9.18 Å². The van der Waals surface area contributed by atoms with Crippen molar-refractivity contribution in [3.8, 4) is 22.5 Å². The molecule has 1 N–H and O–H groups in total. The van der Waals surface area contributed by atoms with Crippen molar-refractivity contribution in [3.63, 3.8) is 0 Å². The minimum Gasteiger partial charge on any atom is -0.279 e. The molecule has 0 saturated carbocycles. The number of benzene rings is 1. The molecule has 3 heterocycles. The maximum absolute atomic E-state index is 13.4. The number of pyridine rings is 1. The zero-order chi connectivity index (χ0) is 19.5. The molecule has 0 atom stereocenters.